The van der Waals surface area contributed by atoms with Crippen LogP contribution in [0.3, 0.4) is 0 Å². The Morgan fingerprint density at radius 1 is 1.30 bits per heavy atom. The van der Waals surface area contributed by atoms with E-state index in [2.05, 4.69) is 16.8 Å². The lowest BCUT2D eigenvalue weighted by Crippen LogP contribution is -2.15. The summed E-state index contributed by atoms with van der Waals surface area (Å²) in [4.78, 5) is 1.22. The molecule has 1 atom stereocenters. The van der Waals surface area contributed by atoms with E-state index in [9.17, 15) is 0 Å². The van der Waals surface area contributed by atoms with E-state index in [1.54, 1.807) is 11.3 Å². The highest BCUT2D eigenvalue weighted by Crippen LogP contribution is 2.42. The second kappa shape index (κ2) is 6.15. The maximum absolute atomic E-state index is 6.17. The highest BCUT2D eigenvalue weighted by molar-refractivity contribution is 7.10. The van der Waals surface area contributed by atoms with Gasteiger partial charge in [-0.1, -0.05) is 12.1 Å². The van der Waals surface area contributed by atoms with Gasteiger partial charge < -0.3 is 19.5 Å². The minimum absolute atomic E-state index is 0.0261. The van der Waals surface area contributed by atoms with Crippen molar-refractivity contribution < 1.29 is 14.2 Å². The van der Waals surface area contributed by atoms with Crippen LogP contribution in [-0.2, 0) is 0 Å². The zero-order valence-corrected chi connectivity index (χ0v) is 12.1. The summed E-state index contributed by atoms with van der Waals surface area (Å²) >= 11 is 1.71. The van der Waals surface area contributed by atoms with E-state index in [4.69, 9.17) is 14.2 Å². The molecule has 1 aliphatic rings. The minimum Gasteiger partial charge on any atom is -0.481 e. The molecule has 0 bridgehead atoms. The summed E-state index contributed by atoms with van der Waals surface area (Å²) in [7, 11) is 1.95. The van der Waals surface area contributed by atoms with Crippen molar-refractivity contribution in [1.29, 1.82) is 0 Å². The van der Waals surface area contributed by atoms with E-state index < -0.39 is 0 Å². The van der Waals surface area contributed by atoms with Crippen molar-refractivity contribution in [2.24, 2.45) is 0 Å². The van der Waals surface area contributed by atoms with Crippen molar-refractivity contribution in [1.82, 2.24) is 5.32 Å². The normalized spacial score (nSPS) is 14.2. The monoisotopic (exact) mass is 291 g/mol. The first-order valence-electron chi connectivity index (χ1n) is 6.62. The third kappa shape index (κ3) is 2.73. The summed E-state index contributed by atoms with van der Waals surface area (Å²) in [5.74, 6) is 2.20. The van der Waals surface area contributed by atoms with E-state index in [1.807, 2.05) is 31.3 Å². The summed E-state index contributed by atoms with van der Waals surface area (Å²) in [5, 5.41) is 5.24. The topological polar surface area (TPSA) is 39.7 Å². The lowest BCUT2D eigenvalue weighted by Gasteiger charge is -2.18. The molecule has 1 aromatic heterocycles. The molecular formula is C15H17NO3S. The van der Waals surface area contributed by atoms with E-state index in [1.165, 1.54) is 4.88 Å². The van der Waals surface area contributed by atoms with Gasteiger partial charge in [0.25, 0.3) is 0 Å². The average Bonchev–Trinajstić information content (AvgIpc) is 3.14. The summed E-state index contributed by atoms with van der Waals surface area (Å²) in [6.07, 6.45) is 0.930. The van der Waals surface area contributed by atoms with Gasteiger partial charge in [0.05, 0.1) is 0 Å². The number of para-hydroxylation sites is 1. The highest BCUT2D eigenvalue weighted by Gasteiger charge is 2.22. The summed E-state index contributed by atoms with van der Waals surface area (Å²) in [6, 6.07) is 9.89. The van der Waals surface area contributed by atoms with Crippen molar-refractivity contribution in [3.8, 4) is 17.2 Å². The molecule has 3 rings (SSSR count). The van der Waals surface area contributed by atoms with Crippen LogP contribution < -0.4 is 19.5 Å². The molecule has 0 saturated carbocycles. The van der Waals surface area contributed by atoms with Gasteiger partial charge >= 0.3 is 0 Å². The van der Waals surface area contributed by atoms with E-state index >= 15 is 0 Å². The largest absolute Gasteiger partial charge is 0.481 e. The van der Waals surface area contributed by atoms with Crippen LogP contribution in [0.5, 0.6) is 17.2 Å². The first kappa shape index (κ1) is 13.3. The quantitative estimate of drug-likeness (QED) is 0.887. The Kier molecular flexibility index (Phi) is 4.08. The number of fused-ring (bicyclic) bond motifs is 1. The van der Waals surface area contributed by atoms with Gasteiger partial charge in [0.2, 0.25) is 12.5 Å². The van der Waals surface area contributed by atoms with Crippen LogP contribution in [0.25, 0.3) is 0 Å². The second-order valence-electron chi connectivity index (χ2n) is 4.50. The van der Waals surface area contributed by atoms with E-state index in [0.717, 1.165) is 24.5 Å². The predicted molar refractivity (Wildman–Crippen MR) is 78.8 cm³/mol. The fraction of sp³-hybridized carbons (Fsp3) is 0.333. The molecule has 0 aliphatic carbocycles. The molecule has 0 spiro atoms. The van der Waals surface area contributed by atoms with Crippen LogP contribution in [0.2, 0.25) is 0 Å². The molecule has 4 nitrogen and oxygen atoms in total. The Hall–Kier alpha value is -1.72. The van der Waals surface area contributed by atoms with E-state index in [-0.39, 0.29) is 12.9 Å². The van der Waals surface area contributed by atoms with Gasteiger partial charge in [0, 0.05) is 11.3 Å². The van der Waals surface area contributed by atoms with Gasteiger partial charge in [-0.2, -0.15) is 0 Å². The maximum Gasteiger partial charge on any atom is 0.231 e. The molecule has 0 saturated heterocycles. The van der Waals surface area contributed by atoms with Gasteiger partial charge in [-0.3, -0.25) is 0 Å². The molecule has 2 heterocycles. The molecule has 0 fully saturated rings. The number of hydrogen-bond acceptors (Lipinski definition) is 5. The third-order valence-electron chi connectivity index (χ3n) is 3.15. The molecule has 1 aromatic carbocycles. The second-order valence-corrected chi connectivity index (χ2v) is 5.48. The van der Waals surface area contributed by atoms with Crippen molar-refractivity contribution >= 4 is 11.3 Å². The molecule has 0 unspecified atom stereocenters. The van der Waals surface area contributed by atoms with Gasteiger partial charge in [0.1, 0.15) is 6.10 Å². The van der Waals surface area contributed by atoms with Crippen molar-refractivity contribution in [3.63, 3.8) is 0 Å². The first-order chi connectivity index (χ1) is 9.88. The molecule has 1 aliphatic heterocycles. The predicted octanol–water partition coefficient (Wildman–Crippen LogP) is 3.21. The lowest BCUT2D eigenvalue weighted by molar-refractivity contribution is 0.159. The molecule has 20 heavy (non-hydrogen) atoms. The zero-order valence-electron chi connectivity index (χ0n) is 11.3. The molecule has 5 heteroatoms. The van der Waals surface area contributed by atoms with E-state index in [0.29, 0.717) is 5.75 Å². The van der Waals surface area contributed by atoms with Crippen LogP contribution in [0.1, 0.15) is 17.4 Å². The van der Waals surface area contributed by atoms with Crippen molar-refractivity contribution in [2.45, 2.75) is 12.5 Å². The number of rotatable bonds is 6. The standard InChI is InChI=1S/C15H17NO3S/c1-16-8-7-11(14-6-3-9-20-14)19-13-5-2-4-12-15(13)18-10-17-12/h2-6,9,11,16H,7-8,10H2,1H3/t11-/m0/s1. The van der Waals surface area contributed by atoms with Crippen LogP contribution in [0.15, 0.2) is 35.7 Å². The Labute approximate surface area is 122 Å². The zero-order chi connectivity index (χ0) is 13.8. The summed E-state index contributed by atoms with van der Waals surface area (Å²) in [6.45, 7) is 1.16. The minimum atomic E-state index is 0.0261. The Balaban J connectivity index is 1.81. The number of benzene rings is 1. The lowest BCUT2D eigenvalue weighted by atomic mass is 10.2. The maximum atomic E-state index is 6.17. The number of hydrogen-bond donors (Lipinski definition) is 1. The summed E-state index contributed by atoms with van der Waals surface area (Å²) in [5.41, 5.74) is 0. The molecule has 2 aromatic rings. The van der Waals surface area contributed by atoms with Crippen molar-refractivity contribution in [3.05, 3.63) is 40.6 Å². The van der Waals surface area contributed by atoms with Crippen LogP contribution in [0.4, 0.5) is 0 Å². The number of nitrogens with one attached hydrogen (secondary N) is 1. The fourth-order valence-electron chi connectivity index (χ4n) is 2.16. The van der Waals surface area contributed by atoms with Gasteiger partial charge in [-0.05, 0) is 37.2 Å². The van der Waals surface area contributed by atoms with Crippen LogP contribution in [-0.4, -0.2) is 20.4 Å². The Morgan fingerprint density at radius 3 is 3.05 bits per heavy atom. The van der Waals surface area contributed by atoms with Crippen LogP contribution in [0, 0.1) is 0 Å². The molecule has 1 N–H and O–H groups in total. The molecule has 0 radical (unpaired) electrons. The van der Waals surface area contributed by atoms with Crippen LogP contribution >= 0.6 is 11.3 Å². The number of ether oxygens (including phenoxy) is 3. The van der Waals surface area contributed by atoms with Gasteiger partial charge in [-0.15, -0.1) is 11.3 Å². The van der Waals surface area contributed by atoms with Gasteiger partial charge in [-0.25, -0.2) is 0 Å². The molecular weight excluding hydrogens is 274 g/mol. The molecule has 106 valence electrons. The molecule has 0 amide bonds. The van der Waals surface area contributed by atoms with Gasteiger partial charge in [0.15, 0.2) is 11.5 Å². The first-order valence-corrected chi connectivity index (χ1v) is 7.49. The highest BCUT2D eigenvalue weighted by atomic mass is 32.1. The number of thiophene rings is 1. The third-order valence-corrected chi connectivity index (χ3v) is 4.11. The summed E-state index contributed by atoms with van der Waals surface area (Å²) < 4.78 is 17.0. The Bertz CT molecular complexity index is 556. The Morgan fingerprint density at radius 2 is 2.25 bits per heavy atom. The average molecular weight is 291 g/mol. The smallest absolute Gasteiger partial charge is 0.231 e. The SMILES string of the molecule is CNCC[C@H](Oc1cccc2c1OCO2)c1cccs1. The fourth-order valence-corrected chi connectivity index (χ4v) is 2.95. The van der Waals surface area contributed by atoms with Crippen molar-refractivity contribution in [2.75, 3.05) is 20.4 Å².